The monoisotopic (exact) mass is 321 g/mol. The predicted molar refractivity (Wildman–Crippen MR) is 103 cm³/mol. The molecule has 2 nitrogen and oxygen atoms in total. The SMILES string of the molecule is CC(C)O.CCCNCC(C)Cc1ccc(C(C)(C)CC)cc1. The molecule has 0 aliphatic rings. The maximum Gasteiger partial charge on any atom is 0.0483 e. The first-order valence-corrected chi connectivity index (χ1v) is 9.21. The van der Waals surface area contributed by atoms with E-state index in [0.717, 1.165) is 13.1 Å². The molecule has 1 aromatic rings. The molecule has 0 heterocycles. The molecule has 0 saturated heterocycles. The van der Waals surface area contributed by atoms with Crippen molar-refractivity contribution in [2.24, 2.45) is 5.92 Å². The summed E-state index contributed by atoms with van der Waals surface area (Å²) in [6.07, 6.45) is 3.40. The minimum Gasteiger partial charge on any atom is -0.394 e. The quantitative estimate of drug-likeness (QED) is 0.665. The molecule has 1 rings (SSSR count). The Kier molecular flexibility index (Phi) is 11.2. The molecule has 1 atom stereocenters. The van der Waals surface area contributed by atoms with E-state index in [2.05, 4.69) is 64.2 Å². The van der Waals surface area contributed by atoms with Gasteiger partial charge in [0.15, 0.2) is 0 Å². The second kappa shape index (κ2) is 11.6. The Bertz CT molecular complexity index is 392. The van der Waals surface area contributed by atoms with Crippen molar-refractivity contribution in [2.75, 3.05) is 13.1 Å². The third kappa shape index (κ3) is 10.5. The van der Waals surface area contributed by atoms with Crippen LogP contribution in [0.5, 0.6) is 0 Å². The average molecular weight is 322 g/mol. The molecule has 0 radical (unpaired) electrons. The van der Waals surface area contributed by atoms with Crippen LogP contribution in [-0.2, 0) is 11.8 Å². The Hall–Kier alpha value is -0.860. The van der Waals surface area contributed by atoms with Gasteiger partial charge in [-0.15, -0.1) is 0 Å². The van der Waals surface area contributed by atoms with Gasteiger partial charge in [0.2, 0.25) is 0 Å². The summed E-state index contributed by atoms with van der Waals surface area (Å²) >= 11 is 0. The van der Waals surface area contributed by atoms with E-state index in [4.69, 9.17) is 5.11 Å². The van der Waals surface area contributed by atoms with E-state index in [0.29, 0.717) is 11.3 Å². The smallest absolute Gasteiger partial charge is 0.0483 e. The number of hydrogen-bond acceptors (Lipinski definition) is 2. The molecule has 134 valence electrons. The van der Waals surface area contributed by atoms with Gasteiger partial charge in [-0.3, -0.25) is 0 Å². The van der Waals surface area contributed by atoms with Crippen molar-refractivity contribution in [1.29, 1.82) is 0 Å². The van der Waals surface area contributed by atoms with Gasteiger partial charge in [0.25, 0.3) is 0 Å². The van der Waals surface area contributed by atoms with Crippen LogP contribution in [0.25, 0.3) is 0 Å². The van der Waals surface area contributed by atoms with Crippen LogP contribution in [0.2, 0.25) is 0 Å². The summed E-state index contributed by atoms with van der Waals surface area (Å²) in [7, 11) is 0. The van der Waals surface area contributed by atoms with Gasteiger partial charge in [0, 0.05) is 6.10 Å². The average Bonchev–Trinajstić information content (AvgIpc) is 2.47. The van der Waals surface area contributed by atoms with Crippen LogP contribution in [0.3, 0.4) is 0 Å². The summed E-state index contributed by atoms with van der Waals surface area (Å²) in [5, 5.41) is 11.6. The highest BCUT2D eigenvalue weighted by atomic mass is 16.3. The molecule has 0 fully saturated rings. The highest BCUT2D eigenvalue weighted by Crippen LogP contribution is 2.26. The maximum absolute atomic E-state index is 8.06. The number of nitrogens with one attached hydrogen (secondary N) is 1. The van der Waals surface area contributed by atoms with Crippen LogP contribution in [0, 0.1) is 5.92 Å². The lowest BCUT2D eigenvalue weighted by atomic mass is 9.82. The maximum atomic E-state index is 8.06. The molecule has 2 N–H and O–H groups in total. The molecule has 0 aromatic heterocycles. The molecule has 0 amide bonds. The van der Waals surface area contributed by atoms with Gasteiger partial charge in [0.1, 0.15) is 0 Å². The summed E-state index contributed by atoms with van der Waals surface area (Å²) in [5.41, 5.74) is 3.21. The fraction of sp³-hybridized carbons (Fsp3) is 0.714. The zero-order chi connectivity index (χ0) is 17.9. The third-order valence-electron chi connectivity index (χ3n) is 4.12. The Morgan fingerprint density at radius 1 is 1.04 bits per heavy atom. The Morgan fingerprint density at radius 3 is 2.00 bits per heavy atom. The lowest BCUT2D eigenvalue weighted by Crippen LogP contribution is -2.23. The number of hydrogen-bond donors (Lipinski definition) is 2. The predicted octanol–water partition coefficient (Wildman–Crippen LogP) is 4.94. The van der Waals surface area contributed by atoms with Crippen LogP contribution in [0.4, 0.5) is 0 Å². The molecule has 0 saturated carbocycles. The van der Waals surface area contributed by atoms with Crippen molar-refractivity contribution in [2.45, 2.75) is 79.2 Å². The molecule has 0 aliphatic carbocycles. The fourth-order valence-corrected chi connectivity index (χ4v) is 2.30. The van der Waals surface area contributed by atoms with Gasteiger partial charge in [-0.25, -0.2) is 0 Å². The molecule has 0 aliphatic heterocycles. The van der Waals surface area contributed by atoms with Crippen molar-refractivity contribution in [1.82, 2.24) is 5.32 Å². The summed E-state index contributed by atoms with van der Waals surface area (Å²) in [4.78, 5) is 0. The van der Waals surface area contributed by atoms with E-state index in [1.54, 1.807) is 13.8 Å². The zero-order valence-corrected chi connectivity index (χ0v) is 16.4. The van der Waals surface area contributed by atoms with Crippen LogP contribution in [0.15, 0.2) is 24.3 Å². The first-order valence-electron chi connectivity index (χ1n) is 9.21. The minimum atomic E-state index is -0.167. The van der Waals surface area contributed by atoms with Crippen LogP contribution >= 0.6 is 0 Å². The van der Waals surface area contributed by atoms with E-state index in [1.165, 1.54) is 30.4 Å². The number of rotatable bonds is 8. The second-order valence-electron chi connectivity index (χ2n) is 7.54. The minimum absolute atomic E-state index is 0.167. The molecule has 1 unspecified atom stereocenters. The van der Waals surface area contributed by atoms with Crippen molar-refractivity contribution in [3.8, 4) is 0 Å². The lowest BCUT2D eigenvalue weighted by molar-refractivity contribution is 0.216. The van der Waals surface area contributed by atoms with Gasteiger partial charge in [-0.2, -0.15) is 0 Å². The molecular formula is C21H39NO. The number of benzene rings is 1. The highest BCUT2D eigenvalue weighted by molar-refractivity contribution is 5.28. The van der Waals surface area contributed by atoms with E-state index < -0.39 is 0 Å². The van der Waals surface area contributed by atoms with E-state index in [1.807, 2.05) is 0 Å². The Labute approximate surface area is 144 Å². The van der Waals surface area contributed by atoms with Gasteiger partial charge < -0.3 is 10.4 Å². The zero-order valence-electron chi connectivity index (χ0n) is 16.4. The largest absolute Gasteiger partial charge is 0.394 e. The molecular weight excluding hydrogens is 282 g/mol. The topological polar surface area (TPSA) is 32.3 Å². The normalized spacial score (nSPS) is 12.7. The van der Waals surface area contributed by atoms with Crippen molar-refractivity contribution >= 4 is 0 Å². The van der Waals surface area contributed by atoms with Gasteiger partial charge in [-0.05, 0) is 68.7 Å². The fourth-order valence-electron chi connectivity index (χ4n) is 2.30. The summed E-state index contributed by atoms with van der Waals surface area (Å²) < 4.78 is 0. The molecule has 0 bridgehead atoms. The van der Waals surface area contributed by atoms with E-state index in [-0.39, 0.29) is 6.10 Å². The highest BCUT2D eigenvalue weighted by Gasteiger charge is 2.17. The molecule has 0 spiro atoms. The van der Waals surface area contributed by atoms with Crippen molar-refractivity contribution in [3.63, 3.8) is 0 Å². The summed E-state index contributed by atoms with van der Waals surface area (Å²) in [6.45, 7) is 17.1. The number of aliphatic hydroxyl groups excluding tert-OH is 1. The van der Waals surface area contributed by atoms with E-state index >= 15 is 0 Å². The first kappa shape index (κ1) is 22.1. The Balaban J connectivity index is 0.00000108. The van der Waals surface area contributed by atoms with Gasteiger partial charge in [0.05, 0.1) is 0 Å². The molecule has 2 heteroatoms. The Morgan fingerprint density at radius 2 is 1.57 bits per heavy atom. The van der Waals surface area contributed by atoms with Gasteiger partial charge in [-0.1, -0.05) is 58.9 Å². The standard InChI is InChI=1S/C18H31N.C3H8O/c1-6-12-19-14-15(3)13-16-8-10-17(11-9-16)18(4,5)7-2;1-3(2)4/h8-11,15,19H,6-7,12-14H2,1-5H3;3-4H,1-2H3. The van der Waals surface area contributed by atoms with Crippen LogP contribution in [-0.4, -0.2) is 24.3 Å². The second-order valence-corrected chi connectivity index (χ2v) is 7.54. The molecule has 23 heavy (non-hydrogen) atoms. The van der Waals surface area contributed by atoms with Crippen molar-refractivity contribution < 1.29 is 5.11 Å². The van der Waals surface area contributed by atoms with E-state index in [9.17, 15) is 0 Å². The number of aliphatic hydroxyl groups is 1. The summed E-state index contributed by atoms with van der Waals surface area (Å²) in [5.74, 6) is 0.705. The summed E-state index contributed by atoms with van der Waals surface area (Å²) in [6, 6.07) is 9.24. The molecule has 1 aromatic carbocycles. The van der Waals surface area contributed by atoms with Crippen molar-refractivity contribution in [3.05, 3.63) is 35.4 Å². The third-order valence-corrected chi connectivity index (χ3v) is 4.12. The van der Waals surface area contributed by atoms with Crippen LogP contribution < -0.4 is 5.32 Å². The van der Waals surface area contributed by atoms with Crippen LogP contribution in [0.1, 0.15) is 72.4 Å². The van der Waals surface area contributed by atoms with Gasteiger partial charge >= 0.3 is 0 Å². The lowest BCUT2D eigenvalue weighted by Gasteiger charge is -2.23. The first-order chi connectivity index (χ1) is 10.7.